The maximum absolute atomic E-state index is 11.9. The molecule has 4 aliphatic rings. The van der Waals surface area contributed by atoms with E-state index in [2.05, 4.69) is 26.8 Å². The van der Waals surface area contributed by atoms with Crippen molar-refractivity contribution in [1.29, 1.82) is 0 Å². The third-order valence-electron chi connectivity index (χ3n) is 7.56. The predicted octanol–water partition coefficient (Wildman–Crippen LogP) is 2.74. The number of carbonyl (C=O) groups excluding carboxylic acids is 1. The molecule has 0 amide bonds. The Balaban J connectivity index is 1.75. The maximum Gasteiger partial charge on any atom is 0.334 e. The number of esters is 1. The highest BCUT2D eigenvalue weighted by Gasteiger charge is 2.60. The molecule has 1 heterocycles. The van der Waals surface area contributed by atoms with Crippen LogP contribution in [-0.2, 0) is 9.53 Å². The number of hydrogen-bond donors (Lipinski definition) is 2. The van der Waals surface area contributed by atoms with Crippen LogP contribution in [0.1, 0.15) is 53.4 Å². The Bertz CT molecular complexity index is 659. The molecule has 0 aromatic rings. The van der Waals surface area contributed by atoms with Crippen LogP contribution in [0.2, 0.25) is 0 Å². The molecule has 4 heteroatoms. The zero-order valence-corrected chi connectivity index (χ0v) is 15.0. The minimum atomic E-state index is -0.689. The first-order valence-corrected chi connectivity index (χ1v) is 9.14. The van der Waals surface area contributed by atoms with Gasteiger partial charge in [0.05, 0.1) is 12.2 Å². The zero-order valence-electron chi connectivity index (χ0n) is 15.0. The van der Waals surface area contributed by atoms with E-state index in [1.165, 1.54) is 5.57 Å². The molecule has 0 aromatic heterocycles. The summed E-state index contributed by atoms with van der Waals surface area (Å²) in [5, 5.41) is 21.0. The van der Waals surface area contributed by atoms with Gasteiger partial charge in [-0.1, -0.05) is 32.4 Å². The van der Waals surface area contributed by atoms with E-state index in [1.54, 1.807) is 0 Å². The van der Waals surface area contributed by atoms with Crippen LogP contribution >= 0.6 is 0 Å². The molecule has 0 radical (unpaired) electrons. The molecular formula is C20H28O4. The molecule has 24 heavy (non-hydrogen) atoms. The first-order valence-electron chi connectivity index (χ1n) is 9.14. The first-order chi connectivity index (χ1) is 11.2. The summed E-state index contributed by atoms with van der Waals surface area (Å²) < 4.78 is 5.58. The molecule has 0 spiro atoms. The molecule has 132 valence electrons. The molecule has 4 nitrogen and oxygen atoms in total. The van der Waals surface area contributed by atoms with Crippen LogP contribution in [0.3, 0.4) is 0 Å². The van der Waals surface area contributed by atoms with E-state index in [0.717, 1.165) is 30.4 Å². The lowest BCUT2D eigenvalue weighted by atomic mass is 9.45. The van der Waals surface area contributed by atoms with Crippen LogP contribution < -0.4 is 0 Å². The van der Waals surface area contributed by atoms with Gasteiger partial charge >= 0.3 is 5.97 Å². The van der Waals surface area contributed by atoms with E-state index < -0.39 is 12.2 Å². The number of carbonyl (C=O) groups is 1. The number of allylic oxidation sites excluding steroid dienone is 1. The smallest absolute Gasteiger partial charge is 0.334 e. The summed E-state index contributed by atoms with van der Waals surface area (Å²) in [5.74, 6) is 0.478. The summed E-state index contributed by atoms with van der Waals surface area (Å²) in [7, 11) is 0. The molecule has 2 N–H and O–H groups in total. The topological polar surface area (TPSA) is 66.8 Å². The van der Waals surface area contributed by atoms with Gasteiger partial charge in [0.15, 0.2) is 0 Å². The summed E-state index contributed by atoms with van der Waals surface area (Å²) in [4.78, 5) is 11.9. The molecule has 6 unspecified atom stereocenters. The molecule has 3 aliphatic carbocycles. The fourth-order valence-corrected chi connectivity index (χ4v) is 6.28. The molecular weight excluding hydrogens is 304 g/mol. The minimum absolute atomic E-state index is 0.0688. The van der Waals surface area contributed by atoms with E-state index in [-0.39, 0.29) is 22.9 Å². The van der Waals surface area contributed by atoms with Crippen LogP contribution in [0.5, 0.6) is 0 Å². The lowest BCUT2D eigenvalue weighted by Gasteiger charge is -2.61. The lowest BCUT2D eigenvalue weighted by molar-refractivity contribution is -0.183. The van der Waals surface area contributed by atoms with Crippen molar-refractivity contribution >= 4 is 5.97 Å². The maximum atomic E-state index is 11.9. The minimum Gasteiger partial charge on any atom is -0.454 e. The van der Waals surface area contributed by atoms with Crippen molar-refractivity contribution in [2.45, 2.75) is 71.7 Å². The van der Waals surface area contributed by atoms with Crippen molar-refractivity contribution in [2.75, 3.05) is 0 Å². The second-order valence-corrected chi connectivity index (χ2v) is 9.12. The van der Waals surface area contributed by atoms with Gasteiger partial charge in [0, 0.05) is 11.1 Å². The molecule has 2 saturated carbocycles. The van der Waals surface area contributed by atoms with Crippen LogP contribution in [0.25, 0.3) is 0 Å². The second kappa shape index (κ2) is 4.95. The molecule has 2 fully saturated rings. The summed E-state index contributed by atoms with van der Waals surface area (Å²) in [6, 6.07) is 0. The van der Waals surface area contributed by atoms with Gasteiger partial charge in [0.1, 0.15) is 6.10 Å². The van der Waals surface area contributed by atoms with Crippen LogP contribution in [-0.4, -0.2) is 34.5 Å². The van der Waals surface area contributed by atoms with Crippen LogP contribution in [0, 0.1) is 22.7 Å². The fraction of sp³-hybridized carbons (Fsp3) is 0.750. The van der Waals surface area contributed by atoms with Gasteiger partial charge in [0.2, 0.25) is 0 Å². The van der Waals surface area contributed by atoms with Gasteiger partial charge in [-0.15, -0.1) is 0 Å². The number of hydrogen-bond acceptors (Lipinski definition) is 4. The van der Waals surface area contributed by atoms with E-state index in [1.807, 2.05) is 6.92 Å². The van der Waals surface area contributed by atoms with Crippen LogP contribution in [0.4, 0.5) is 0 Å². The first kappa shape index (κ1) is 16.3. The zero-order chi connectivity index (χ0) is 17.4. The van der Waals surface area contributed by atoms with Crippen LogP contribution in [0.15, 0.2) is 22.8 Å². The third-order valence-corrected chi connectivity index (χ3v) is 7.56. The van der Waals surface area contributed by atoms with Gasteiger partial charge in [0.25, 0.3) is 0 Å². The van der Waals surface area contributed by atoms with E-state index >= 15 is 0 Å². The molecule has 4 rings (SSSR count). The van der Waals surface area contributed by atoms with Crippen molar-refractivity contribution in [3.63, 3.8) is 0 Å². The highest BCUT2D eigenvalue weighted by molar-refractivity contribution is 5.92. The normalized spacial score (nSPS) is 46.7. The molecule has 0 aromatic carbocycles. The highest BCUT2D eigenvalue weighted by Crippen LogP contribution is 2.63. The summed E-state index contributed by atoms with van der Waals surface area (Å²) >= 11 is 0. The van der Waals surface area contributed by atoms with E-state index in [0.29, 0.717) is 18.3 Å². The van der Waals surface area contributed by atoms with Gasteiger partial charge < -0.3 is 14.9 Å². The second-order valence-electron chi connectivity index (χ2n) is 9.12. The monoisotopic (exact) mass is 332 g/mol. The van der Waals surface area contributed by atoms with E-state index in [9.17, 15) is 15.0 Å². The molecule has 1 aliphatic heterocycles. The average molecular weight is 332 g/mol. The Morgan fingerprint density at radius 3 is 2.67 bits per heavy atom. The Morgan fingerprint density at radius 2 is 1.96 bits per heavy atom. The predicted molar refractivity (Wildman–Crippen MR) is 90.0 cm³/mol. The Labute approximate surface area is 143 Å². The number of ether oxygens (including phenoxy) is 1. The van der Waals surface area contributed by atoms with Crippen molar-refractivity contribution in [1.82, 2.24) is 0 Å². The lowest BCUT2D eigenvalue weighted by Crippen LogP contribution is -2.60. The summed E-state index contributed by atoms with van der Waals surface area (Å²) in [5.41, 5.74) is 2.83. The van der Waals surface area contributed by atoms with Crippen molar-refractivity contribution in [3.8, 4) is 0 Å². The van der Waals surface area contributed by atoms with Gasteiger partial charge in [-0.3, -0.25) is 0 Å². The number of aliphatic hydroxyl groups excluding tert-OH is 2. The van der Waals surface area contributed by atoms with Gasteiger partial charge in [-0.05, 0) is 55.3 Å². The number of aliphatic hydroxyl groups is 2. The number of rotatable bonds is 0. The Kier molecular flexibility index (Phi) is 3.37. The van der Waals surface area contributed by atoms with Crippen molar-refractivity contribution < 1.29 is 19.7 Å². The quantitative estimate of drug-likeness (QED) is 0.670. The van der Waals surface area contributed by atoms with Crippen molar-refractivity contribution in [2.24, 2.45) is 22.7 Å². The average Bonchev–Trinajstić information content (AvgIpc) is 2.78. The fourth-order valence-electron chi connectivity index (χ4n) is 6.28. The number of fused-ring (bicyclic) bond motifs is 4. The molecule has 6 atom stereocenters. The van der Waals surface area contributed by atoms with Gasteiger partial charge in [-0.25, -0.2) is 4.79 Å². The summed E-state index contributed by atoms with van der Waals surface area (Å²) in [6.07, 6.45) is 4.17. The highest BCUT2D eigenvalue weighted by atomic mass is 16.5. The largest absolute Gasteiger partial charge is 0.454 e. The van der Waals surface area contributed by atoms with Crippen molar-refractivity contribution in [3.05, 3.63) is 22.8 Å². The third kappa shape index (κ3) is 1.96. The molecule has 0 bridgehead atoms. The SMILES string of the molecule is CC1=C2C=C3CCC4C(C)(C)C(O)C(O)CC4(C)C3CC2OC1=O. The Hall–Kier alpha value is -1.13. The molecule has 0 saturated heterocycles. The summed E-state index contributed by atoms with van der Waals surface area (Å²) in [6.45, 7) is 8.30. The standard InChI is InChI=1S/C20H28O4/c1-10-12-7-11-5-6-16-19(2,3)17(22)14(21)9-20(16,4)13(11)8-15(12)24-18(10)23/h7,13-17,21-22H,5-6,8-9H2,1-4H3. The van der Waals surface area contributed by atoms with E-state index in [4.69, 9.17) is 4.74 Å². The Morgan fingerprint density at radius 1 is 1.25 bits per heavy atom. The van der Waals surface area contributed by atoms with Gasteiger partial charge in [-0.2, -0.15) is 0 Å².